The van der Waals surface area contributed by atoms with Crippen LogP contribution in [0.2, 0.25) is 0 Å². The van der Waals surface area contributed by atoms with E-state index in [9.17, 15) is 0 Å². The van der Waals surface area contributed by atoms with E-state index in [4.69, 9.17) is 4.52 Å². The fourth-order valence-corrected chi connectivity index (χ4v) is 3.28. The van der Waals surface area contributed by atoms with Gasteiger partial charge in [-0.15, -0.1) is 0 Å². The van der Waals surface area contributed by atoms with Gasteiger partial charge in [0.05, 0.1) is 0 Å². The molecule has 0 amide bonds. The third kappa shape index (κ3) is 2.77. The van der Waals surface area contributed by atoms with E-state index in [1.54, 1.807) is 0 Å². The number of anilines is 1. The van der Waals surface area contributed by atoms with Gasteiger partial charge >= 0.3 is 0 Å². The number of hydrogen-bond acceptors (Lipinski definition) is 7. The molecule has 0 radical (unpaired) electrons. The van der Waals surface area contributed by atoms with Gasteiger partial charge in [-0.3, -0.25) is 4.90 Å². The van der Waals surface area contributed by atoms with Gasteiger partial charge in [-0.25, -0.2) is 9.97 Å². The largest absolute Gasteiger partial charge is 0.353 e. The fourth-order valence-electron chi connectivity index (χ4n) is 3.28. The van der Waals surface area contributed by atoms with Gasteiger partial charge in [0.1, 0.15) is 17.7 Å². The Morgan fingerprint density at radius 3 is 2.58 bits per heavy atom. The summed E-state index contributed by atoms with van der Waals surface area (Å²) in [6, 6.07) is 0.105. The normalized spacial score (nSPS) is 22.2. The summed E-state index contributed by atoms with van der Waals surface area (Å²) in [5.74, 6) is 3.96. The van der Waals surface area contributed by atoms with Crippen LogP contribution in [0.5, 0.6) is 0 Å². The molecule has 1 saturated heterocycles. The molecule has 1 aliphatic carbocycles. The lowest BCUT2D eigenvalue weighted by atomic mass is 10.1. The van der Waals surface area contributed by atoms with Gasteiger partial charge in [0.2, 0.25) is 5.89 Å². The predicted octanol–water partition coefficient (Wildman–Crippen LogP) is 2.16. The molecule has 2 fully saturated rings. The Labute approximate surface area is 142 Å². The summed E-state index contributed by atoms with van der Waals surface area (Å²) in [4.78, 5) is 18.4. The van der Waals surface area contributed by atoms with Crippen molar-refractivity contribution in [2.24, 2.45) is 0 Å². The molecule has 0 spiro atoms. The number of piperazine rings is 1. The first kappa shape index (κ1) is 15.5. The summed E-state index contributed by atoms with van der Waals surface area (Å²) in [7, 11) is 2.12. The van der Waals surface area contributed by atoms with Crippen LogP contribution < -0.4 is 4.90 Å². The van der Waals surface area contributed by atoms with Gasteiger partial charge in [-0.05, 0) is 40.7 Å². The molecule has 2 aromatic rings. The molecule has 1 atom stereocenters. The van der Waals surface area contributed by atoms with E-state index in [-0.39, 0.29) is 6.04 Å². The average Bonchev–Trinajstić information content (AvgIpc) is 3.29. The Morgan fingerprint density at radius 1 is 1.04 bits per heavy atom. The molecule has 0 N–H and O–H groups in total. The standard InChI is InChI=1S/C17H24N6O/c1-10-11(2)18-12(3)19-16(10)23-8-7-22(4)14(9-23)17-20-15(21-24-17)13-5-6-13/h13-14H,5-9H2,1-4H3/t14-/m1/s1. The molecule has 2 aromatic heterocycles. The maximum absolute atomic E-state index is 5.58. The van der Waals surface area contributed by atoms with Crippen molar-refractivity contribution in [1.29, 1.82) is 0 Å². The zero-order chi connectivity index (χ0) is 16.8. The van der Waals surface area contributed by atoms with Crippen molar-refractivity contribution in [3.63, 3.8) is 0 Å². The van der Waals surface area contributed by atoms with Crippen LogP contribution in [0.3, 0.4) is 0 Å². The number of aryl methyl sites for hydroxylation is 2. The molecule has 7 heteroatoms. The minimum atomic E-state index is 0.105. The van der Waals surface area contributed by atoms with Gasteiger partial charge in [0, 0.05) is 36.8 Å². The Kier molecular flexibility index (Phi) is 3.75. The van der Waals surface area contributed by atoms with Crippen molar-refractivity contribution in [3.8, 4) is 0 Å². The Morgan fingerprint density at radius 2 is 1.83 bits per heavy atom. The molecular weight excluding hydrogens is 304 g/mol. The first-order chi connectivity index (χ1) is 11.5. The second kappa shape index (κ2) is 5.81. The van der Waals surface area contributed by atoms with E-state index >= 15 is 0 Å². The zero-order valence-electron chi connectivity index (χ0n) is 14.8. The van der Waals surface area contributed by atoms with Gasteiger partial charge < -0.3 is 9.42 Å². The lowest BCUT2D eigenvalue weighted by Gasteiger charge is -2.38. The van der Waals surface area contributed by atoms with Crippen LogP contribution in [0.4, 0.5) is 5.82 Å². The van der Waals surface area contributed by atoms with E-state index in [1.807, 2.05) is 13.8 Å². The Balaban J connectivity index is 1.60. The average molecular weight is 328 g/mol. The minimum Gasteiger partial charge on any atom is -0.353 e. The predicted molar refractivity (Wildman–Crippen MR) is 90.1 cm³/mol. The molecule has 128 valence electrons. The monoisotopic (exact) mass is 328 g/mol. The van der Waals surface area contributed by atoms with Crippen LogP contribution in [-0.2, 0) is 0 Å². The molecule has 0 aromatic carbocycles. The number of likely N-dealkylation sites (N-methyl/N-ethyl adjacent to an activating group) is 1. The van der Waals surface area contributed by atoms with Crippen molar-refractivity contribution in [2.75, 3.05) is 31.6 Å². The van der Waals surface area contributed by atoms with Crippen LogP contribution in [0, 0.1) is 20.8 Å². The van der Waals surface area contributed by atoms with Crippen molar-refractivity contribution in [1.82, 2.24) is 25.0 Å². The first-order valence-electron chi connectivity index (χ1n) is 8.63. The smallest absolute Gasteiger partial charge is 0.245 e. The Bertz CT molecular complexity index is 754. The molecule has 24 heavy (non-hydrogen) atoms. The molecular formula is C17H24N6O. The van der Waals surface area contributed by atoms with Gasteiger partial charge in [-0.2, -0.15) is 4.98 Å². The van der Waals surface area contributed by atoms with Crippen LogP contribution in [0.25, 0.3) is 0 Å². The van der Waals surface area contributed by atoms with Crippen LogP contribution in [0.15, 0.2) is 4.52 Å². The first-order valence-corrected chi connectivity index (χ1v) is 8.63. The number of rotatable bonds is 3. The topological polar surface area (TPSA) is 71.2 Å². The summed E-state index contributed by atoms with van der Waals surface area (Å²) in [5, 5.41) is 4.17. The SMILES string of the molecule is Cc1nc(C)c(C)c(N2CCN(C)[C@@H](c3nc(C4CC4)no3)C2)n1. The van der Waals surface area contributed by atoms with E-state index < -0.39 is 0 Å². The third-order valence-corrected chi connectivity index (χ3v) is 5.11. The summed E-state index contributed by atoms with van der Waals surface area (Å²) < 4.78 is 5.58. The number of hydrogen-bond donors (Lipinski definition) is 0. The quantitative estimate of drug-likeness (QED) is 0.855. The van der Waals surface area contributed by atoms with Crippen molar-refractivity contribution < 1.29 is 4.52 Å². The van der Waals surface area contributed by atoms with Gasteiger partial charge in [0.25, 0.3) is 0 Å². The van der Waals surface area contributed by atoms with E-state index in [0.29, 0.717) is 5.92 Å². The van der Waals surface area contributed by atoms with Crippen molar-refractivity contribution in [2.45, 2.75) is 45.6 Å². The lowest BCUT2D eigenvalue weighted by Crippen LogP contribution is -2.47. The maximum atomic E-state index is 5.58. The molecule has 0 unspecified atom stereocenters. The number of nitrogens with zero attached hydrogens (tertiary/aromatic N) is 6. The molecule has 3 heterocycles. The van der Waals surface area contributed by atoms with E-state index in [1.165, 1.54) is 12.8 Å². The summed E-state index contributed by atoms with van der Waals surface area (Å²) in [6.07, 6.45) is 2.37. The highest BCUT2D eigenvalue weighted by molar-refractivity contribution is 5.49. The zero-order valence-corrected chi connectivity index (χ0v) is 14.8. The van der Waals surface area contributed by atoms with Crippen molar-refractivity contribution >= 4 is 5.82 Å². The van der Waals surface area contributed by atoms with Crippen molar-refractivity contribution in [3.05, 3.63) is 28.8 Å². The van der Waals surface area contributed by atoms with Crippen LogP contribution in [-0.4, -0.2) is 51.7 Å². The van der Waals surface area contributed by atoms with Gasteiger partial charge in [0.15, 0.2) is 5.82 Å². The highest BCUT2D eigenvalue weighted by Gasteiger charge is 2.34. The molecule has 2 aliphatic rings. The van der Waals surface area contributed by atoms with Crippen LogP contribution >= 0.6 is 0 Å². The van der Waals surface area contributed by atoms with Gasteiger partial charge in [-0.1, -0.05) is 5.16 Å². The second-order valence-corrected chi connectivity index (χ2v) is 7.01. The van der Waals surface area contributed by atoms with E-state index in [0.717, 1.165) is 54.2 Å². The molecule has 7 nitrogen and oxygen atoms in total. The highest BCUT2D eigenvalue weighted by Crippen LogP contribution is 2.39. The Hall–Kier alpha value is -2.02. The minimum absolute atomic E-state index is 0.105. The maximum Gasteiger partial charge on any atom is 0.245 e. The summed E-state index contributed by atoms with van der Waals surface area (Å²) >= 11 is 0. The molecule has 4 rings (SSSR count). The molecule has 1 aliphatic heterocycles. The fraction of sp³-hybridized carbons (Fsp3) is 0.647. The highest BCUT2D eigenvalue weighted by atomic mass is 16.5. The third-order valence-electron chi connectivity index (χ3n) is 5.11. The number of aromatic nitrogens is 4. The van der Waals surface area contributed by atoms with E-state index in [2.05, 4.69) is 43.9 Å². The summed E-state index contributed by atoms with van der Waals surface area (Å²) in [6.45, 7) is 8.76. The van der Waals surface area contributed by atoms with Crippen LogP contribution in [0.1, 0.15) is 53.6 Å². The second-order valence-electron chi connectivity index (χ2n) is 7.01. The lowest BCUT2D eigenvalue weighted by molar-refractivity contribution is 0.177. The summed E-state index contributed by atoms with van der Waals surface area (Å²) in [5.41, 5.74) is 2.19. The molecule has 0 bridgehead atoms. The molecule has 1 saturated carbocycles.